The van der Waals surface area contributed by atoms with Gasteiger partial charge in [0, 0.05) is 20.2 Å². The van der Waals surface area contributed by atoms with Crippen molar-refractivity contribution in [1.29, 1.82) is 5.26 Å². The van der Waals surface area contributed by atoms with Crippen molar-refractivity contribution in [3.8, 4) is 6.07 Å². The minimum atomic E-state index is 0.00617. The molecule has 0 N–H and O–H groups in total. The topological polar surface area (TPSA) is 62.6 Å². The Balaban J connectivity index is 3.39. The van der Waals surface area contributed by atoms with Gasteiger partial charge in [0.25, 0.3) is 0 Å². The molecule has 16 heavy (non-hydrogen) atoms. The second kappa shape index (κ2) is 10.4. The minimum Gasteiger partial charge on any atom is -0.379 e. The summed E-state index contributed by atoms with van der Waals surface area (Å²) < 4.78 is 10.3. The maximum atomic E-state index is 11.4. The summed E-state index contributed by atoms with van der Waals surface area (Å²) in [6, 6.07) is 2.00. The molecule has 5 nitrogen and oxygen atoms in total. The zero-order valence-electron chi connectivity index (χ0n) is 10.1. The molecule has 0 fully saturated rings. The first-order chi connectivity index (χ1) is 7.72. The van der Waals surface area contributed by atoms with Crippen LogP contribution in [0.2, 0.25) is 0 Å². The zero-order valence-corrected chi connectivity index (χ0v) is 10.1. The Labute approximate surface area is 96.9 Å². The van der Waals surface area contributed by atoms with Crippen LogP contribution in [0.25, 0.3) is 0 Å². The number of rotatable bonds is 9. The summed E-state index contributed by atoms with van der Waals surface area (Å²) in [5.41, 5.74) is 0. The van der Waals surface area contributed by atoms with Crippen molar-refractivity contribution in [3.05, 3.63) is 0 Å². The van der Waals surface area contributed by atoms with Gasteiger partial charge in [0.2, 0.25) is 5.91 Å². The molecular weight excluding hydrogens is 208 g/mol. The third kappa shape index (κ3) is 8.21. The maximum Gasteiger partial charge on any atom is 0.224 e. The van der Waals surface area contributed by atoms with Crippen molar-refractivity contribution >= 4 is 5.91 Å². The van der Waals surface area contributed by atoms with Crippen LogP contribution in [0.3, 0.4) is 0 Å². The molecule has 0 aromatic heterocycles. The number of nitriles is 1. The Hall–Kier alpha value is -1.12. The summed E-state index contributed by atoms with van der Waals surface area (Å²) in [5, 5.41) is 8.37. The van der Waals surface area contributed by atoms with E-state index in [2.05, 4.69) is 0 Å². The van der Waals surface area contributed by atoms with Crippen molar-refractivity contribution in [1.82, 2.24) is 4.90 Å². The van der Waals surface area contributed by atoms with E-state index in [0.717, 1.165) is 0 Å². The number of amides is 1. The molecule has 0 rings (SSSR count). The molecule has 0 spiro atoms. The summed E-state index contributed by atoms with van der Waals surface area (Å²) in [4.78, 5) is 13.0. The lowest BCUT2D eigenvalue weighted by Gasteiger charge is -2.15. The first kappa shape index (κ1) is 14.9. The quantitative estimate of drug-likeness (QED) is 0.548. The Morgan fingerprint density at radius 2 is 2.00 bits per heavy atom. The highest BCUT2D eigenvalue weighted by atomic mass is 16.5. The lowest BCUT2D eigenvalue weighted by Crippen LogP contribution is -2.28. The summed E-state index contributed by atoms with van der Waals surface area (Å²) in [5.74, 6) is 0.00617. The van der Waals surface area contributed by atoms with Crippen LogP contribution in [-0.4, -0.2) is 50.8 Å². The molecule has 0 atom stereocenters. The van der Waals surface area contributed by atoms with Crippen molar-refractivity contribution in [3.63, 3.8) is 0 Å². The van der Waals surface area contributed by atoms with Gasteiger partial charge in [-0.2, -0.15) is 5.26 Å². The molecule has 0 aromatic rings. The van der Waals surface area contributed by atoms with Crippen LogP contribution >= 0.6 is 0 Å². The average Bonchev–Trinajstić information content (AvgIpc) is 2.30. The number of nitrogens with zero attached hydrogens (tertiary/aromatic N) is 2. The van der Waals surface area contributed by atoms with Gasteiger partial charge in [-0.05, 0) is 6.92 Å². The Bertz CT molecular complexity index is 226. The molecule has 0 aliphatic heterocycles. The molecule has 0 aromatic carbocycles. The number of ether oxygens (including phenoxy) is 2. The summed E-state index contributed by atoms with van der Waals surface area (Å²) in [6.07, 6.45) is 0.724. The largest absolute Gasteiger partial charge is 0.379 e. The van der Waals surface area contributed by atoms with Gasteiger partial charge in [-0.25, -0.2) is 0 Å². The van der Waals surface area contributed by atoms with E-state index in [0.29, 0.717) is 45.8 Å². The van der Waals surface area contributed by atoms with E-state index < -0.39 is 0 Å². The highest BCUT2D eigenvalue weighted by Gasteiger charge is 2.07. The van der Waals surface area contributed by atoms with E-state index in [9.17, 15) is 4.79 Å². The average molecular weight is 228 g/mol. The molecule has 0 saturated heterocycles. The molecule has 0 radical (unpaired) electrons. The third-order valence-electron chi connectivity index (χ3n) is 2.02. The smallest absolute Gasteiger partial charge is 0.224 e. The van der Waals surface area contributed by atoms with E-state index >= 15 is 0 Å². The molecule has 0 aliphatic rings. The SMILES string of the molecule is CCOCCOCCC(=O)N(C)CCC#N. The standard InChI is InChI=1S/C11H20N2O3/c1-3-15-9-10-16-8-5-11(14)13(2)7-4-6-12/h3-5,7-10H2,1-2H3. The second-order valence-corrected chi connectivity index (χ2v) is 3.28. The predicted molar refractivity (Wildman–Crippen MR) is 59.8 cm³/mol. The van der Waals surface area contributed by atoms with E-state index in [1.807, 2.05) is 13.0 Å². The highest BCUT2D eigenvalue weighted by molar-refractivity contribution is 5.75. The molecular formula is C11H20N2O3. The van der Waals surface area contributed by atoms with Gasteiger partial charge in [-0.1, -0.05) is 0 Å². The molecule has 0 saturated carbocycles. The fourth-order valence-electron chi connectivity index (χ4n) is 1.06. The van der Waals surface area contributed by atoms with E-state index in [1.165, 1.54) is 0 Å². The van der Waals surface area contributed by atoms with Gasteiger partial charge in [0.15, 0.2) is 0 Å². The van der Waals surface area contributed by atoms with Crippen LogP contribution in [0, 0.1) is 11.3 Å². The van der Waals surface area contributed by atoms with Gasteiger partial charge in [0.05, 0.1) is 38.7 Å². The van der Waals surface area contributed by atoms with Crippen molar-refractivity contribution < 1.29 is 14.3 Å². The Kier molecular flexibility index (Phi) is 9.67. The summed E-state index contributed by atoms with van der Waals surface area (Å²) in [7, 11) is 1.69. The molecule has 0 unspecified atom stereocenters. The summed E-state index contributed by atoms with van der Waals surface area (Å²) in [6.45, 7) is 4.57. The van der Waals surface area contributed by atoms with Crippen LogP contribution in [0.4, 0.5) is 0 Å². The third-order valence-corrected chi connectivity index (χ3v) is 2.02. The lowest BCUT2D eigenvalue weighted by molar-refractivity contribution is -0.131. The fraction of sp³-hybridized carbons (Fsp3) is 0.818. The first-order valence-electron chi connectivity index (χ1n) is 5.48. The van der Waals surface area contributed by atoms with Crippen molar-refractivity contribution in [2.24, 2.45) is 0 Å². The minimum absolute atomic E-state index is 0.00617. The van der Waals surface area contributed by atoms with E-state index in [4.69, 9.17) is 14.7 Å². The van der Waals surface area contributed by atoms with Crippen LogP contribution in [0.1, 0.15) is 19.8 Å². The van der Waals surface area contributed by atoms with Gasteiger partial charge < -0.3 is 14.4 Å². The molecule has 0 aliphatic carbocycles. The monoisotopic (exact) mass is 228 g/mol. The number of hydrogen-bond acceptors (Lipinski definition) is 4. The second-order valence-electron chi connectivity index (χ2n) is 3.28. The predicted octanol–water partition coefficient (Wildman–Crippen LogP) is 0.802. The Morgan fingerprint density at radius 1 is 1.31 bits per heavy atom. The number of hydrogen-bond donors (Lipinski definition) is 0. The van der Waals surface area contributed by atoms with Gasteiger partial charge >= 0.3 is 0 Å². The molecule has 0 heterocycles. The number of carbonyl (C=O) groups is 1. The lowest BCUT2D eigenvalue weighted by atomic mass is 10.3. The van der Waals surface area contributed by atoms with Crippen LogP contribution in [0.5, 0.6) is 0 Å². The number of carbonyl (C=O) groups excluding carboxylic acids is 1. The fourth-order valence-corrected chi connectivity index (χ4v) is 1.06. The maximum absolute atomic E-state index is 11.4. The molecule has 0 bridgehead atoms. The Morgan fingerprint density at radius 3 is 2.62 bits per heavy atom. The van der Waals surface area contributed by atoms with E-state index in [-0.39, 0.29) is 5.91 Å². The molecule has 5 heteroatoms. The normalized spacial score (nSPS) is 9.81. The molecule has 92 valence electrons. The summed E-state index contributed by atoms with van der Waals surface area (Å²) >= 11 is 0. The van der Waals surface area contributed by atoms with Crippen LogP contribution in [0.15, 0.2) is 0 Å². The van der Waals surface area contributed by atoms with Gasteiger partial charge in [-0.3, -0.25) is 4.79 Å². The van der Waals surface area contributed by atoms with Crippen LogP contribution in [-0.2, 0) is 14.3 Å². The van der Waals surface area contributed by atoms with Gasteiger partial charge in [-0.15, -0.1) is 0 Å². The molecule has 1 amide bonds. The zero-order chi connectivity index (χ0) is 12.2. The van der Waals surface area contributed by atoms with Crippen molar-refractivity contribution in [2.45, 2.75) is 19.8 Å². The first-order valence-corrected chi connectivity index (χ1v) is 5.48. The van der Waals surface area contributed by atoms with E-state index in [1.54, 1.807) is 11.9 Å². The van der Waals surface area contributed by atoms with Crippen LogP contribution < -0.4 is 0 Å². The van der Waals surface area contributed by atoms with Crippen molar-refractivity contribution in [2.75, 3.05) is 40.0 Å². The highest BCUT2D eigenvalue weighted by Crippen LogP contribution is 1.93. The van der Waals surface area contributed by atoms with Gasteiger partial charge in [0.1, 0.15) is 0 Å².